The average molecular weight is 391 g/mol. The zero-order valence-corrected chi connectivity index (χ0v) is 16.3. The van der Waals surface area contributed by atoms with Gasteiger partial charge in [-0.05, 0) is 37.2 Å². The Kier molecular flexibility index (Phi) is 10.9. The van der Waals surface area contributed by atoms with Crippen molar-refractivity contribution in [2.24, 2.45) is 0 Å². The van der Waals surface area contributed by atoms with E-state index in [4.69, 9.17) is 25.8 Å². The van der Waals surface area contributed by atoms with Crippen molar-refractivity contribution < 1.29 is 14.2 Å². The zero-order valence-electron chi connectivity index (χ0n) is 14.8. The first-order valence-electron chi connectivity index (χ1n) is 8.35. The van der Waals surface area contributed by atoms with E-state index in [1.807, 2.05) is 12.1 Å². The summed E-state index contributed by atoms with van der Waals surface area (Å²) in [5.41, 5.74) is 1.08. The van der Waals surface area contributed by atoms with E-state index in [9.17, 15) is 0 Å². The third-order valence-corrected chi connectivity index (χ3v) is 4.18. The Labute approximate surface area is 161 Å². The minimum absolute atomic E-state index is 0. The van der Waals surface area contributed by atoms with Crippen molar-refractivity contribution in [1.29, 1.82) is 0 Å². The van der Waals surface area contributed by atoms with Gasteiger partial charge < -0.3 is 19.5 Å². The Balaban J connectivity index is 0.00000312. The number of hydrogen-bond acceptors (Lipinski definition) is 5. The minimum atomic E-state index is 0. The summed E-state index contributed by atoms with van der Waals surface area (Å²) in [5.74, 6) is 1.21. The second kappa shape index (κ2) is 12.4. The predicted octanol–water partition coefficient (Wildman–Crippen LogP) is 3.15. The molecule has 1 heterocycles. The van der Waals surface area contributed by atoms with Crippen LogP contribution in [0.1, 0.15) is 12.0 Å². The van der Waals surface area contributed by atoms with Crippen LogP contribution in [0.3, 0.4) is 0 Å². The van der Waals surface area contributed by atoms with Gasteiger partial charge in [0.05, 0.1) is 25.3 Å². The van der Waals surface area contributed by atoms with Gasteiger partial charge in [-0.15, -0.1) is 12.4 Å². The number of nitrogens with zero attached hydrogens (tertiary/aromatic N) is 1. The Morgan fingerprint density at radius 2 is 2.12 bits per heavy atom. The molecule has 0 aliphatic carbocycles. The van der Waals surface area contributed by atoms with Gasteiger partial charge in [0.2, 0.25) is 0 Å². The fraction of sp³-hybridized carbons (Fsp3) is 0.556. The molecule has 1 aromatic carbocycles. The molecule has 0 atom stereocenters. The lowest BCUT2D eigenvalue weighted by Gasteiger charge is -2.26. The fourth-order valence-corrected chi connectivity index (χ4v) is 2.93. The highest BCUT2D eigenvalue weighted by Crippen LogP contribution is 2.36. The summed E-state index contributed by atoms with van der Waals surface area (Å²) >= 11 is 6.31. The summed E-state index contributed by atoms with van der Waals surface area (Å²) in [6.45, 7) is 10.6. The molecule has 0 unspecified atom stereocenters. The first-order valence-corrected chi connectivity index (χ1v) is 8.73. The number of halogens is 2. The van der Waals surface area contributed by atoms with E-state index in [1.165, 1.54) is 0 Å². The van der Waals surface area contributed by atoms with Crippen LogP contribution in [0.15, 0.2) is 24.8 Å². The Morgan fingerprint density at radius 3 is 2.80 bits per heavy atom. The molecule has 142 valence electrons. The fourth-order valence-electron chi connectivity index (χ4n) is 2.64. The molecule has 0 radical (unpaired) electrons. The van der Waals surface area contributed by atoms with Gasteiger partial charge in [0, 0.05) is 19.6 Å². The lowest BCUT2D eigenvalue weighted by Crippen LogP contribution is -2.37. The molecule has 1 fully saturated rings. The summed E-state index contributed by atoms with van der Waals surface area (Å²) < 4.78 is 16.3. The van der Waals surface area contributed by atoms with Gasteiger partial charge in [-0.1, -0.05) is 24.3 Å². The smallest absolute Gasteiger partial charge is 0.180 e. The molecule has 1 aliphatic heterocycles. The molecule has 1 saturated heterocycles. The second-order valence-electron chi connectivity index (χ2n) is 5.69. The maximum atomic E-state index is 6.31. The van der Waals surface area contributed by atoms with E-state index in [0.717, 1.165) is 57.9 Å². The van der Waals surface area contributed by atoms with E-state index in [-0.39, 0.29) is 12.4 Å². The zero-order chi connectivity index (χ0) is 17.2. The number of hydrogen-bond donors (Lipinski definition) is 1. The standard InChI is InChI=1S/C18H27ClN2O3.ClH/c1-3-9-24-18-16(19)12-15(13-17(18)22-2)14-20-5-4-6-21-7-10-23-11-8-21;/h3,12-13,20H,1,4-11,14H2,2H3;1H. The SMILES string of the molecule is C=CCOc1c(Cl)cc(CNCCCN2CCOCC2)cc1OC.Cl. The Hall–Kier alpha value is -0.980. The van der Waals surface area contributed by atoms with Crippen LogP contribution in [-0.4, -0.2) is 58.0 Å². The van der Waals surface area contributed by atoms with Gasteiger partial charge in [0.15, 0.2) is 11.5 Å². The van der Waals surface area contributed by atoms with Crippen LogP contribution in [0.4, 0.5) is 0 Å². The third kappa shape index (κ3) is 7.42. The van der Waals surface area contributed by atoms with Crippen molar-refractivity contribution in [3.8, 4) is 11.5 Å². The van der Waals surface area contributed by atoms with Gasteiger partial charge in [-0.2, -0.15) is 0 Å². The van der Waals surface area contributed by atoms with Crippen LogP contribution in [0, 0.1) is 0 Å². The van der Waals surface area contributed by atoms with Crippen LogP contribution >= 0.6 is 24.0 Å². The first-order chi connectivity index (χ1) is 11.7. The molecule has 1 aliphatic rings. The van der Waals surface area contributed by atoms with Crippen LogP contribution in [0.2, 0.25) is 5.02 Å². The molecule has 7 heteroatoms. The third-order valence-electron chi connectivity index (χ3n) is 3.90. The van der Waals surface area contributed by atoms with Crippen LogP contribution in [0.5, 0.6) is 11.5 Å². The lowest BCUT2D eigenvalue weighted by molar-refractivity contribution is 0.0374. The van der Waals surface area contributed by atoms with E-state index in [1.54, 1.807) is 13.2 Å². The van der Waals surface area contributed by atoms with E-state index in [2.05, 4.69) is 16.8 Å². The number of nitrogens with one attached hydrogen (secondary N) is 1. The van der Waals surface area contributed by atoms with Crippen molar-refractivity contribution in [2.45, 2.75) is 13.0 Å². The summed E-state index contributed by atoms with van der Waals surface area (Å²) in [6, 6.07) is 3.87. The highest BCUT2D eigenvalue weighted by atomic mass is 35.5. The van der Waals surface area contributed by atoms with E-state index < -0.39 is 0 Å². The molecule has 1 N–H and O–H groups in total. The summed E-state index contributed by atoms with van der Waals surface area (Å²) in [5, 5.41) is 4.01. The normalized spacial score (nSPS) is 14.6. The molecule has 0 aromatic heterocycles. The maximum absolute atomic E-state index is 6.31. The Morgan fingerprint density at radius 1 is 1.36 bits per heavy atom. The van der Waals surface area contributed by atoms with E-state index in [0.29, 0.717) is 23.1 Å². The van der Waals surface area contributed by atoms with Crippen LogP contribution in [0.25, 0.3) is 0 Å². The van der Waals surface area contributed by atoms with Gasteiger partial charge in [-0.25, -0.2) is 0 Å². The van der Waals surface area contributed by atoms with Crippen LogP contribution < -0.4 is 14.8 Å². The quantitative estimate of drug-likeness (QED) is 0.490. The molecule has 0 amide bonds. The number of ether oxygens (including phenoxy) is 3. The molecule has 2 rings (SSSR count). The topological polar surface area (TPSA) is 43.0 Å². The first kappa shape index (κ1) is 22.1. The van der Waals surface area contributed by atoms with Gasteiger partial charge in [-0.3, -0.25) is 4.90 Å². The van der Waals surface area contributed by atoms with Crippen molar-refractivity contribution in [2.75, 3.05) is 53.1 Å². The number of benzene rings is 1. The monoisotopic (exact) mass is 390 g/mol. The van der Waals surface area contributed by atoms with Gasteiger partial charge in [0.25, 0.3) is 0 Å². The molecule has 25 heavy (non-hydrogen) atoms. The van der Waals surface area contributed by atoms with Crippen molar-refractivity contribution in [3.05, 3.63) is 35.4 Å². The van der Waals surface area contributed by atoms with Crippen molar-refractivity contribution in [3.63, 3.8) is 0 Å². The lowest BCUT2D eigenvalue weighted by atomic mass is 10.2. The molecule has 0 saturated carbocycles. The predicted molar refractivity (Wildman–Crippen MR) is 105 cm³/mol. The molecule has 5 nitrogen and oxygen atoms in total. The summed E-state index contributed by atoms with van der Waals surface area (Å²) in [6.07, 6.45) is 2.80. The molecule has 0 spiro atoms. The van der Waals surface area contributed by atoms with Crippen LogP contribution in [-0.2, 0) is 11.3 Å². The Bertz CT molecular complexity index is 523. The average Bonchev–Trinajstić information content (AvgIpc) is 2.61. The second-order valence-corrected chi connectivity index (χ2v) is 6.10. The van der Waals surface area contributed by atoms with Crippen molar-refractivity contribution in [1.82, 2.24) is 10.2 Å². The summed E-state index contributed by atoms with van der Waals surface area (Å²) in [7, 11) is 1.62. The number of methoxy groups -OCH3 is 1. The largest absolute Gasteiger partial charge is 0.493 e. The maximum Gasteiger partial charge on any atom is 0.180 e. The minimum Gasteiger partial charge on any atom is -0.493 e. The molecular weight excluding hydrogens is 363 g/mol. The van der Waals surface area contributed by atoms with Crippen molar-refractivity contribution >= 4 is 24.0 Å². The number of rotatable bonds is 10. The highest BCUT2D eigenvalue weighted by molar-refractivity contribution is 6.32. The molecule has 0 bridgehead atoms. The highest BCUT2D eigenvalue weighted by Gasteiger charge is 2.12. The van der Waals surface area contributed by atoms with Gasteiger partial charge >= 0.3 is 0 Å². The number of morpholine rings is 1. The summed E-state index contributed by atoms with van der Waals surface area (Å²) in [4.78, 5) is 2.44. The van der Waals surface area contributed by atoms with E-state index >= 15 is 0 Å². The van der Waals surface area contributed by atoms with Gasteiger partial charge in [0.1, 0.15) is 6.61 Å². The molecular formula is C18H28Cl2N2O3. The molecule has 1 aromatic rings.